The van der Waals surface area contributed by atoms with E-state index in [1.54, 1.807) is 6.07 Å². The average Bonchev–Trinajstić information content (AvgIpc) is 2.46. The number of benzene rings is 2. The van der Waals surface area contributed by atoms with Gasteiger partial charge in [-0.1, -0.05) is 18.2 Å². The van der Waals surface area contributed by atoms with Crippen LogP contribution in [0.4, 0.5) is 17.6 Å². The van der Waals surface area contributed by atoms with Gasteiger partial charge in [0.15, 0.2) is 0 Å². The molecule has 0 spiro atoms. The van der Waals surface area contributed by atoms with Gasteiger partial charge in [0.25, 0.3) is 0 Å². The van der Waals surface area contributed by atoms with Crippen LogP contribution in [0.2, 0.25) is 0 Å². The third-order valence-electron chi connectivity index (χ3n) is 3.72. The maximum absolute atomic E-state index is 13.9. The Morgan fingerprint density at radius 2 is 1.65 bits per heavy atom. The highest BCUT2D eigenvalue weighted by Gasteiger charge is 2.32. The van der Waals surface area contributed by atoms with Crippen molar-refractivity contribution in [2.24, 2.45) is 0 Å². The summed E-state index contributed by atoms with van der Waals surface area (Å²) >= 11 is 0. The Balaban J connectivity index is 2.58. The van der Waals surface area contributed by atoms with Crippen LogP contribution in [0.5, 0.6) is 0 Å². The van der Waals surface area contributed by atoms with E-state index < -0.39 is 28.9 Å². The smallest absolute Gasteiger partial charge is 0.416 e. The largest absolute Gasteiger partial charge is 0.481 e. The first kappa shape index (κ1) is 17.0. The molecule has 6 heteroatoms. The number of rotatable bonds is 3. The summed E-state index contributed by atoms with van der Waals surface area (Å²) in [6.07, 6.45) is -4.58. The zero-order valence-electron chi connectivity index (χ0n) is 12.4. The number of hydrogen-bond acceptors (Lipinski definition) is 1. The van der Waals surface area contributed by atoms with Gasteiger partial charge in [-0.15, -0.1) is 0 Å². The van der Waals surface area contributed by atoms with Gasteiger partial charge < -0.3 is 5.11 Å². The van der Waals surface area contributed by atoms with E-state index in [0.717, 1.165) is 12.1 Å². The lowest BCUT2D eigenvalue weighted by atomic mass is 9.83. The van der Waals surface area contributed by atoms with Crippen molar-refractivity contribution in [2.45, 2.75) is 25.4 Å². The zero-order valence-corrected chi connectivity index (χ0v) is 12.4. The van der Waals surface area contributed by atoms with Gasteiger partial charge in [0.2, 0.25) is 0 Å². The first-order valence-electron chi connectivity index (χ1n) is 6.74. The molecule has 0 aliphatic heterocycles. The fourth-order valence-corrected chi connectivity index (χ4v) is 2.12. The molecular weight excluding hydrogens is 312 g/mol. The Hall–Kier alpha value is -2.37. The number of carboxylic acids is 1. The highest BCUT2D eigenvalue weighted by atomic mass is 19.4. The number of halogens is 4. The standard InChI is InChI=1S/C17H14F4O2/c1-16(2,15(22)23)11-5-3-4-10(8-11)13-9-12(17(19,20)21)6-7-14(13)18/h3-9H,1-2H3,(H,22,23). The normalized spacial score (nSPS) is 12.3. The van der Waals surface area contributed by atoms with Crippen molar-refractivity contribution in [2.75, 3.05) is 0 Å². The zero-order chi connectivity index (χ0) is 17.4. The number of carbonyl (C=O) groups is 1. The van der Waals surface area contributed by atoms with Gasteiger partial charge in [0.1, 0.15) is 5.82 Å². The number of aliphatic carboxylic acids is 1. The minimum absolute atomic E-state index is 0.195. The monoisotopic (exact) mass is 326 g/mol. The van der Waals surface area contributed by atoms with Crippen LogP contribution in [0.25, 0.3) is 11.1 Å². The average molecular weight is 326 g/mol. The maximum Gasteiger partial charge on any atom is 0.416 e. The number of carboxylic acid groups (broad SMARTS) is 1. The third kappa shape index (κ3) is 3.36. The van der Waals surface area contributed by atoms with E-state index in [0.29, 0.717) is 11.6 Å². The summed E-state index contributed by atoms with van der Waals surface area (Å²) in [6.45, 7) is 2.94. The van der Waals surface area contributed by atoms with E-state index in [9.17, 15) is 27.5 Å². The molecule has 0 aliphatic rings. The number of hydrogen-bond donors (Lipinski definition) is 1. The first-order chi connectivity index (χ1) is 10.5. The van der Waals surface area contributed by atoms with Crippen LogP contribution < -0.4 is 0 Å². The molecule has 0 aromatic heterocycles. The lowest BCUT2D eigenvalue weighted by Gasteiger charge is -2.20. The van der Waals surface area contributed by atoms with Crippen molar-refractivity contribution in [1.29, 1.82) is 0 Å². The van der Waals surface area contributed by atoms with Gasteiger partial charge in [-0.2, -0.15) is 13.2 Å². The summed E-state index contributed by atoms with van der Waals surface area (Å²) < 4.78 is 52.3. The van der Waals surface area contributed by atoms with E-state index >= 15 is 0 Å². The molecular formula is C17H14F4O2. The topological polar surface area (TPSA) is 37.3 Å². The summed E-state index contributed by atoms with van der Waals surface area (Å²) in [4.78, 5) is 11.3. The van der Waals surface area contributed by atoms with Gasteiger partial charge in [0.05, 0.1) is 11.0 Å². The molecule has 0 atom stereocenters. The van der Waals surface area contributed by atoms with E-state index in [2.05, 4.69) is 0 Å². The molecule has 0 aliphatic carbocycles. The van der Waals surface area contributed by atoms with Gasteiger partial charge in [-0.25, -0.2) is 4.39 Å². The fraction of sp³-hybridized carbons (Fsp3) is 0.235. The predicted molar refractivity (Wildman–Crippen MR) is 77.5 cm³/mol. The molecule has 0 saturated heterocycles. The van der Waals surface area contributed by atoms with Crippen molar-refractivity contribution in [1.82, 2.24) is 0 Å². The summed E-state index contributed by atoms with van der Waals surface area (Å²) in [6, 6.07) is 8.03. The van der Waals surface area contributed by atoms with Crippen LogP contribution in [-0.2, 0) is 16.4 Å². The van der Waals surface area contributed by atoms with Crippen LogP contribution in [0, 0.1) is 5.82 Å². The molecule has 2 aromatic carbocycles. The molecule has 2 nitrogen and oxygen atoms in total. The van der Waals surface area contributed by atoms with Gasteiger partial charge in [0, 0.05) is 5.56 Å². The van der Waals surface area contributed by atoms with Crippen molar-refractivity contribution in [3.8, 4) is 11.1 Å². The van der Waals surface area contributed by atoms with E-state index in [-0.39, 0.29) is 11.1 Å². The minimum atomic E-state index is -4.58. The Labute approximate surface area is 130 Å². The van der Waals surface area contributed by atoms with Crippen LogP contribution in [0.15, 0.2) is 42.5 Å². The van der Waals surface area contributed by atoms with Gasteiger partial charge in [-0.05, 0) is 49.2 Å². The summed E-state index contributed by atoms with van der Waals surface area (Å²) in [5.41, 5.74) is -1.85. The fourth-order valence-electron chi connectivity index (χ4n) is 2.12. The second kappa shape index (κ2) is 5.68. The summed E-state index contributed by atoms with van der Waals surface area (Å²) in [5.74, 6) is -1.89. The predicted octanol–water partition coefficient (Wildman–Crippen LogP) is 4.87. The minimum Gasteiger partial charge on any atom is -0.481 e. The Morgan fingerprint density at radius 3 is 2.22 bits per heavy atom. The molecule has 0 unspecified atom stereocenters. The Bertz CT molecular complexity index is 748. The molecule has 2 rings (SSSR count). The maximum atomic E-state index is 13.9. The highest BCUT2D eigenvalue weighted by Crippen LogP contribution is 2.35. The van der Waals surface area contributed by atoms with Crippen LogP contribution in [0.1, 0.15) is 25.0 Å². The van der Waals surface area contributed by atoms with Crippen molar-refractivity contribution < 1.29 is 27.5 Å². The lowest BCUT2D eigenvalue weighted by Crippen LogP contribution is -2.28. The lowest BCUT2D eigenvalue weighted by molar-refractivity contribution is -0.142. The SMILES string of the molecule is CC(C)(C(=O)O)c1cccc(-c2cc(C(F)(F)F)ccc2F)c1. The first-order valence-corrected chi connectivity index (χ1v) is 6.74. The van der Waals surface area contributed by atoms with Crippen LogP contribution >= 0.6 is 0 Å². The van der Waals surface area contributed by atoms with Crippen molar-refractivity contribution in [3.05, 3.63) is 59.4 Å². The van der Waals surface area contributed by atoms with Crippen molar-refractivity contribution >= 4 is 5.97 Å². The molecule has 0 saturated carbocycles. The second-order valence-electron chi connectivity index (χ2n) is 5.70. The molecule has 2 aromatic rings. The quantitative estimate of drug-likeness (QED) is 0.817. The number of alkyl halides is 3. The summed E-state index contributed by atoms with van der Waals surface area (Å²) in [7, 11) is 0. The second-order valence-corrected chi connectivity index (χ2v) is 5.70. The highest BCUT2D eigenvalue weighted by molar-refractivity contribution is 5.81. The van der Waals surface area contributed by atoms with Crippen LogP contribution in [-0.4, -0.2) is 11.1 Å². The van der Waals surface area contributed by atoms with E-state index in [1.165, 1.54) is 32.0 Å². The third-order valence-corrected chi connectivity index (χ3v) is 3.72. The van der Waals surface area contributed by atoms with E-state index in [1.807, 2.05) is 0 Å². The molecule has 0 radical (unpaired) electrons. The molecule has 122 valence electrons. The Kier molecular flexibility index (Phi) is 4.20. The van der Waals surface area contributed by atoms with Gasteiger partial charge >= 0.3 is 12.1 Å². The molecule has 1 N–H and O–H groups in total. The Morgan fingerprint density at radius 1 is 1.00 bits per heavy atom. The van der Waals surface area contributed by atoms with Crippen LogP contribution in [0.3, 0.4) is 0 Å². The van der Waals surface area contributed by atoms with E-state index in [4.69, 9.17) is 0 Å². The molecule has 0 heterocycles. The van der Waals surface area contributed by atoms with Crippen molar-refractivity contribution in [3.63, 3.8) is 0 Å². The molecule has 0 fully saturated rings. The molecule has 0 bridgehead atoms. The molecule has 23 heavy (non-hydrogen) atoms. The van der Waals surface area contributed by atoms with Gasteiger partial charge in [-0.3, -0.25) is 4.79 Å². The molecule has 0 amide bonds. The summed E-state index contributed by atoms with van der Waals surface area (Å²) in [5, 5.41) is 9.24.